The Morgan fingerprint density at radius 3 is 2.06 bits per heavy atom. The predicted octanol–water partition coefficient (Wildman–Crippen LogP) is 3.44. The first kappa shape index (κ1) is 12.3. The van der Waals surface area contributed by atoms with Crippen LogP contribution in [-0.4, -0.2) is 38.8 Å². The van der Waals surface area contributed by atoms with E-state index in [1.165, 1.54) is 20.0 Å². The van der Waals surface area contributed by atoms with Gasteiger partial charge in [-0.05, 0) is 25.7 Å². The summed E-state index contributed by atoms with van der Waals surface area (Å²) in [5, 5.41) is 0. The van der Waals surface area contributed by atoms with E-state index in [2.05, 4.69) is 31.9 Å². The summed E-state index contributed by atoms with van der Waals surface area (Å²) >= 11 is 7.49. The lowest BCUT2D eigenvalue weighted by molar-refractivity contribution is 0.142. The molecule has 1 saturated heterocycles. The van der Waals surface area contributed by atoms with Crippen LogP contribution in [0.2, 0.25) is 0 Å². The summed E-state index contributed by atoms with van der Waals surface area (Å²) < 4.78 is 4.97. The van der Waals surface area contributed by atoms with Gasteiger partial charge in [0.1, 0.15) is 0 Å². The van der Waals surface area contributed by atoms with Crippen molar-refractivity contribution in [1.82, 2.24) is 4.90 Å². The van der Waals surface area contributed by atoms with Gasteiger partial charge in [-0.3, -0.25) is 4.90 Å². The van der Waals surface area contributed by atoms with Gasteiger partial charge in [0.05, 0.1) is 18.2 Å². The van der Waals surface area contributed by atoms with Gasteiger partial charge in [-0.15, -0.1) is 0 Å². The Hall–Kier alpha value is 0.230. The van der Waals surface area contributed by atoms with Gasteiger partial charge in [0.25, 0.3) is 0 Å². The second-order valence-electron chi connectivity index (χ2n) is 5.52. The lowest BCUT2D eigenvalue weighted by Crippen LogP contribution is -2.41. The van der Waals surface area contributed by atoms with Crippen LogP contribution in [0.15, 0.2) is 0 Å². The van der Waals surface area contributed by atoms with Crippen LogP contribution < -0.4 is 0 Å². The molecule has 3 rings (SSSR count). The number of alkyl halides is 2. The molecule has 3 nitrogen and oxygen atoms in total. The number of ether oxygens (including phenoxy) is 1. The fourth-order valence-corrected chi connectivity index (χ4v) is 5.64. The highest BCUT2D eigenvalue weighted by Gasteiger charge is 2.79. The number of rotatable bonds is 0. The largest absolute Gasteiger partial charge is 0.453 e. The maximum absolute atomic E-state index is 12.0. The minimum atomic E-state index is -0.131. The van der Waals surface area contributed by atoms with Gasteiger partial charge >= 0.3 is 6.09 Å². The molecule has 0 aromatic carbocycles. The first-order valence-corrected chi connectivity index (χ1v) is 8.07. The molecule has 0 spiro atoms. The minimum absolute atomic E-state index is 0.0940. The Morgan fingerprint density at radius 1 is 1.18 bits per heavy atom. The Kier molecular flexibility index (Phi) is 2.79. The Balaban J connectivity index is 1.95. The first-order chi connectivity index (χ1) is 8.07. The molecule has 0 N–H and O–H groups in total. The quantitative estimate of drug-likeness (QED) is 0.485. The molecule has 2 saturated carbocycles. The molecule has 5 heteroatoms. The minimum Gasteiger partial charge on any atom is -0.453 e. The van der Waals surface area contributed by atoms with Crippen LogP contribution in [-0.2, 0) is 4.74 Å². The molecule has 1 heterocycles. The zero-order valence-corrected chi connectivity index (χ0v) is 13.1. The van der Waals surface area contributed by atoms with Gasteiger partial charge < -0.3 is 4.74 Å². The van der Waals surface area contributed by atoms with Crippen LogP contribution in [0.5, 0.6) is 0 Å². The fourth-order valence-electron chi connectivity index (χ4n) is 4.20. The summed E-state index contributed by atoms with van der Waals surface area (Å²) in [6, 6.07) is 0. The highest BCUT2D eigenvalue weighted by molar-refractivity contribution is 9.12. The smallest absolute Gasteiger partial charge is 0.410 e. The number of halogens is 2. The average molecular weight is 367 g/mol. The highest BCUT2D eigenvalue weighted by atomic mass is 79.9. The molecule has 0 bridgehead atoms. The summed E-state index contributed by atoms with van der Waals surface area (Å²) in [6.45, 7) is 0. The van der Waals surface area contributed by atoms with Gasteiger partial charge in [-0.1, -0.05) is 44.7 Å². The Bertz CT molecular complexity index is 338. The Labute approximate surface area is 119 Å². The molecule has 17 heavy (non-hydrogen) atoms. The molecule has 1 aliphatic heterocycles. The third-order valence-electron chi connectivity index (χ3n) is 4.92. The number of likely N-dealkylation sites (tertiary alicyclic amines) is 1. The summed E-state index contributed by atoms with van der Waals surface area (Å²) in [7, 11) is 1.49. The van der Waals surface area contributed by atoms with Crippen LogP contribution in [0.4, 0.5) is 4.79 Å². The molecule has 0 unspecified atom stereocenters. The SMILES string of the molecule is COC(=O)N1[C@@]23CCCC[C@@]12C[C@@H](Br)[C@@H](Br)C3. The number of amides is 1. The number of hydrogen-bond donors (Lipinski definition) is 0. The highest BCUT2D eigenvalue weighted by Crippen LogP contribution is 2.68. The van der Waals surface area contributed by atoms with Crippen molar-refractivity contribution in [3.8, 4) is 0 Å². The lowest BCUT2D eigenvalue weighted by Gasteiger charge is -2.35. The molecule has 0 aromatic rings. The first-order valence-electron chi connectivity index (χ1n) is 6.24. The Morgan fingerprint density at radius 2 is 1.65 bits per heavy atom. The van der Waals surface area contributed by atoms with Gasteiger partial charge in [0.2, 0.25) is 0 Å². The predicted molar refractivity (Wildman–Crippen MR) is 72.8 cm³/mol. The zero-order valence-electron chi connectivity index (χ0n) is 9.92. The molecule has 2 aliphatic carbocycles. The molecule has 1 amide bonds. The molecule has 0 aromatic heterocycles. The molecular formula is C12H17Br2NO2. The summed E-state index contributed by atoms with van der Waals surface area (Å²) in [6.07, 6.45) is 6.74. The molecule has 4 atom stereocenters. The van der Waals surface area contributed by atoms with Crippen LogP contribution in [0.25, 0.3) is 0 Å². The fraction of sp³-hybridized carbons (Fsp3) is 0.917. The van der Waals surface area contributed by atoms with Gasteiger partial charge in [-0.2, -0.15) is 0 Å². The third kappa shape index (κ3) is 1.41. The molecule has 96 valence electrons. The van der Waals surface area contributed by atoms with Crippen LogP contribution >= 0.6 is 31.9 Å². The van der Waals surface area contributed by atoms with Crippen LogP contribution in [0.1, 0.15) is 38.5 Å². The van der Waals surface area contributed by atoms with Gasteiger partial charge in [0, 0.05) is 9.65 Å². The van der Waals surface area contributed by atoms with Crippen LogP contribution in [0, 0.1) is 0 Å². The summed E-state index contributed by atoms with van der Waals surface area (Å²) in [5.41, 5.74) is 0.188. The van der Waals surface area contributed by atoms with E-state index >= 15 is 0 Å². The second-order valence-corrected chi connectivity index (χ2v) is 7.87. The van der Waals surface area contributed by atoms with Gasteiger partial charge in [0.15, 0.2) is 0 Å². The maximum atomic E-state index is 12.0. The van der Waals surface area contributed by atoms with Crippen molar-refractivity contribution in [2.75, 3.05) is 7.11 Å². The van der Waals surface area contributed by atoms with E-state index in [1.54, 1.807) is 0 Å². The van der Waals surface area contributed by atoms with Crippen molar-refractivity contribution in [1.29, 1.82) is 0 Å². The van der Waals surface area contributed by atoms with Crippen molar-refractivity contribution < 1.29 is 9.53 Å². The summed E-state index contributed by atoms with van der Waals surface area (Å²) in [4.78, 5) is 14.9. The van der Waals surface area contributed by atoms with E-state index in [1.807, 2.05) is 4.90 Å². The monoisotopic (exact) mass is 365 g/mol. The standard InChI is InChI=1S/C12H17Br2NO2/c1-17-10(16)15-11-4-2-3-5-12(11,15)7-9(14)8(13)6-11/h8-9H,2-7H2,1H3/t8-,9+,11+,12-,15?. The topological polar surface area (TPSA) is 29.3 Å². The molecule has 3 fully saturated rings. The number of methoxy groups -OCH3 is 1. The number of carbonyl (C=O) groups is 1. The molecule has 3 aliphatic rings. The maximum Gasteiger partial charge on any atom is 0.410 e. The normalized spacial score (nSPS) is 48.1. The second kappa shape index (κ2) is 3.86. The molecular weight excluding hydrogens is 350 g/mol. The number of nitrogens with zero attached hydrogens (tertiary/aromatic N) is 1. The number of carbonyl (C=O) groups excluding carboxylic acids is 1. The van der Waals surface area contributed by atoms with Crippen molar-refractivity contribution in [2.24, 2.45) is 0 Å². The third-order valence-corrected chi connectivity index (χ3v) is 7.55. The van der Waals surface area contributed by atoms with E-state index in [9.17, 15) is 4.79 Å². The number of hydrogen-bond acceptors (Lipinski definition) is 2. The van der Waals surface area contributed by atoms with Crippen molar-refractivity contribution >= 4 is 38.0 Å². The van der Waals surface area contributed by atoms with Crippen molar-refractivity contribution in [3.05, 3.63) is 0 Å². The lowest BCUT2D eigenvalue weighted by atomic mass is 9.71. The van der Waals surface area contributed by atoms with Gasteiger partial charge in [-0.25, -0.2) is 4.79 Å². The summed E-state index contributed by atoms with van der Waals surface area (Å²) in [5.74, 6) is 0. The zero-order chi connectivity index (χ0) is 12.3. The van der Waals surface area contributed by atoms with Crippen molar-refractivity contribution in [2.45, 2.75) is 59.3 Å². The average Bonchev–Trinajstić information content (AvgIpc) is 2.90. The van der Waals surface area contributed by atoms with E-state index in [0.29, 0.717) is 9.65 Å². The van der Waals surface area contributed by atoms with Crippen molar-refractivity contribution in [3.63, 3.8) is 0 Å². The molecule has 0 radical (unpaired) electrons. The van der Waals surface area contributed by atoms with E-state index in [4.69, 9.17) is 4.74 Å². The van der Waals surface area contributed by atoms with E-state index in [-0.39, 0.29) is 17.2 Å². The van der Waals surface area contributed by atoms with E-state index in [0.717, 1.165) is 25.7 Å². The van der Waals surface area contributed by atoms with E-state index < -0.39 is 0 Å². The van der Waals surface area contributed by atoms with Crippen LogP contribution in [0.3, 0.4) is 0 Å².